The summed E-state index contributed by atoms with van der Waals surface area (Å²) in [5.41, 5.74) is 1.29. The van der Waals surface area contributed by atoms with Gasteiger partial charge in [-0.25, -0.2) is 13.4 Å². The monoisotopic (exact) mass is 253 g/mol. The molecule has 1 N–H and O–H groups in total. The molecule has 6 heteroatoms. The molecule has 0 aliphatic heterocycles. The molecule has 5 nitrogen and oxygen atoms in total. The molecule has 0 aromatic carbocycles. The van der Waals surface area contributed by atoms with Crippen LogP contribution in [0.3, 0.4) is 0 Å². The molecule has 0 fully saturated rings. The molecule has 0 saturated carbocycles. The van der Waals surface area contributed by atoms with Crippen molar-refractivity contribution < 1.29 is 8.42 Å². The van der Waals surface area contributed by atoms with Gasteiger partial charge in [-0.05, 0) is 17.7 Å². The van der Waals surface area contributed by atoms with E-state index in [1.54, 1.807) is 25.3 Å². The fraction of sp³-hybridized carbons (Fsp3) is 0.455. The summed E-state index contributed by atoms with van der Waals surface area (Å²) in [4.78, 5) is 3.85. The molecule has 0 saturated heterocycles. The number of nitriles is 1. The normalized spacial score (nSPS) is 11.1. The van der Waals surface area contributed by atoms with Crippen LogP contribution in [0, 0.1) is 11.3 Å². The highest BCUT2D eigenvalue weighted by Crippen LogP contribution is 2.00. The first-order valence-electron chi connectivity index (χ1n) is 5.33. The van der Waals surface area contributed by atoms with Crippen LogP contribution in [-0.4, -0.2) is 31.5 Å². The summed E-state index contributed by atoms with van der Waals surface area (Å²) < 4.78 is 22.4. The molecule has 1 aromatic rings. The highest BCUT2D eigenvalue weighted by Gasteiger charge is 2.05. The third-order valence-electron chi connectivity index (χ3n) is 2.30. The molecule has 1 rings (SSSR count). The van der Waals surface area contributed by atoms with Crippen molar-refractivity contribution in [2.45, 2.75) is 13.5 Å². The predicted molar refractivity (Wildman–Crippen MR) is 65.0 cm³/mol. The molecule has 92 valence electrons. The van der Waals surface area contributed by atoms with Crippen molar-refractivity contribution in [3.05, 3.63) is 29.6 Å². The van der Waals surface area contributed by atoms with Crippen LogP contribution in [0.5, 0.6) is 0 Å². The van der Waals surface area contributed by atoms with E-state index in [2.05, 4.69) is 10.3 Å². The standard InChI is InChI=1S/C11H15N3O2S/c1-2-17(15,16)6-5-13-9-10-3-4-14-11(7-10)8-12/h3-4,7,13H,2,5-6,9H2,1H3. The van der Waals surface area contributed by atoms with Crippen molar-refractivity contribution in [3.63, 3.8) is 0 Å². The summed E-state index contributed by atoms with van der Waals surface area (Å²) in [5, 5.41) is 11.7. The molecule has 1 aromatic heterocycles. The molecule has 0 unspecified atom stereocenters. The lowest BCUT2D eigenvalue weighted by Crippen LogP contribution is -2.23. The van der Waals surface area contributed by atoms with Crippen molar-refractivity contribution in [3.8, 4) is 6.07 Å². The lowest BCUT2D eigenvalue weighted by Gasteiger charge is -2.05. The molecule has 0 amide bonds. The smallest absolute Gasteiger partial charge is 0.151 e. The zero-order valence-corrected chi connectivity index (χ0v) is 10.5. The van der Waals surface area contributed by atoms with Crippen LogP contribution in [0.15, 0.2) is 18.3 Å². The second-order valence-corrected chi connectivity index (χ2v) is 6.05. The second-order valence-electron chi connectivity index (χ2n) is 3.57. The van der Waals surface area contributed by atoms with E-state index in [-0.39, 0.29) is 11.5 Å². The minimum atomic E-state index is -2.91. The molecule has 0 aliphatic carbocycles. The lowest BCUT2D eigenvalue weighted by molar-refractivity contribution is 0.592. The molecular weight excluding hydrogens is 238 g/mol. The van der Waals surface area contributed by atoms with Crippen LogP contribution < -0.4 is 5.32 Å². The maximum Gasteiger partial charge on any atom is 0.151 e. The summed E-state index contributed by atoms with van der Waals surface area (Å²) >= 11 is 0. The minimum absolute atomic E-state index is 0.139. The third-order valence-corrected chi connectivity index (χ3v) is 4.00. The van der Waals surface area contributed by atoms with Crippen LogP contribution >= 0.6 is 0 Å². The fourth-order valence-electron chi connectivity index (χ4n) is 1.25. The molecule has 0 spiro atoms. The number of nitrogens with one attached hydrogen (secondary N) is 1. The molecule has 0 aliphatic rings. The van der Waals surface area contributed by atoms with Crippen molar-refractivity contribution >= 4 is 9.84 Å². The van der Waals surface area contributed by atoms with Gasteiger partial charge in [-0.1, -0.05) is 6.92 Å². The Kier molecular flexibility index (Phi) is 5.07. The predicted octanol–water partition coefficient (Wildman–Crippen LogP) is 0.478. The number of pyridine rings is 1. The fourth-order valence-corrected chi connectivity index (χ4v) is 1.99. The quantitative estimate of drug-likeness (QED) is 0.745. The average molecular weight is 253 g/mol. The Morgan fingerprint density at radius 1 is 1.53 bits per heavy atom. The average Bonchev–Trinajstić information content (AvgIpc) is 2.35. The van der Waals surface area contributed by atoms with Gasteiger partial charge in [0.05, 0.1) is 5.75 Å². The summed E-state index contributed by atoms with van der Waals surface area (Å²) in [5.74, 6) is 0.308. The van der Waals surface area contributed by atoms with Crippen LogP contribution in [0.2, 0.25) is 0 Å². The number of aromatic nitrogens is 1. The Labute approximate surface area is 101 Å². The summed E-state index contributed by atoms with van der Waals surface area (Å²) in [6, 6.07) is 5.43. The zero-order chi connectivity index (χ0) is 12.7. The number of rotatable bonds is 6. The van der Waals surface area contributed by atoms with Crippen LogP contribution in [0.25, 0.3) is 0 Å². The van der Waals surface area contributed by atoms with Crippen molar-refractivity contribution in [2.24, 2.45) is 0 Å². The Morgan fingerprint density at radius 2 is 2.29 bits per heavy atom. The van der Waals surface area contributed by atoms with E-state index in [4.69, 9.17) is 5.26 Å². The summed E-state index contributed by atoms with van der Waals surface area (Å²) in [6.07, 6.45) is 1.57. The first-order valence-corrected chi connectivity index (χ1v) is 7.15. The minimum Gasteiger partial charge on any atom is -0.312 e. The van der Waals surface area contributed by atoms with Gasteiger partial charge in [-0.3, -0.25) is 0 Å². The maximum atomic E-state index is 11.2. The van der Waals surface area contributed by atoms with Crippen LogP contribution in [0.1, 0.15) is 18.2 Å². The number of sulfone groups is 1. The van der Waals surface area contributed by atoms with E-state index in [0.29, 0.717) is 18.8 Å². The molecule has 0 bridgehead atoms. The highest BCUT2D eigenvalue weighted by atomic mass is 32.2. The lowest BCUT2D eigenvalue weighted by atomic mass is 10.2. The largest absolute Gasteiger partial charge is 0.312 e. The first kappa shape index (κ1) is 13.6. The topological polar surface area (TPSA) is 82.8 Å². The SMILES string of the molecule is CCS(=O)(=O)CCNCc1ccnc(C#N)c1. The van der Waals surface area contributed by atoms with E-state index in [9.17, 15) is 8.42 Å². The van der Waals surface area contributed by atoms with Crippen molar-refractivity contribution in [2.75, 3.05) is 18.1 Å². The van der Waals surface area contributed by atoms with Gasteiger partial charge in [0.2, 0.25) is 0 Å². The third kappa shape index (κ3) is 4.93. The van der Waals surface area contributed by atoms with Gasteiger partial charge in [-0.2, -0.15) is 5.26 Å². The second kappa shape index (κ2) is 6.33. The van der Waals surface area contributed by atoms with E-state index >= 15 is 0 Å². The van der Waals surface area contributed by atoms with Gasteiger partial charge in [0.1, 0.15) is 11.8 Å². The Balaban J connectivity index is 2.39. The molecule has 0 atom stereocenters. The number of nitrogens with zero attached hydrogens (tertiary/aromatic N) is 2. The van der Waals surface area contributed by atoms with E-state index in [1.807, 2.05) is 6.07 Å². The zero-order valence-electron chi connectivity index (χ0n) is 9.68. The van der Waals surface area contributed by atoms with Gasteiger partial charge in [0.15, 0.2) is 9.84 Å². The summed E-state index contributed by atoms with van der Waals surface area (Å²) in [6.45, 7) is 2.59. The van der Waals surface area contributed by atoms with E-state index in [0.717, 1.165) is 5.56 Å². The molecule has 0 radical (unpaired) electrons. The molecule has 17 heavy (non-hydrogen) atoms. The Bertz CT molecular complexity index is 506. The first-order chi connectivity index (χ1) is 8.07. The van der Waals surface area contributed by atoms with Gasteiger partial charge in [0.25, 0.3) is 0 Å². The van der Waals surface area contributed by atoms with E-state index < -0.39 is 9.84 Å². The summed E-state index contributed by atoms with van der Waals surface area (Å²) in [7, 11) is -2.91. The van der Waals surface area contributed by atoms with Crippen molar-refractivity contribution in [1.82, 2.24) is 10.3 Å². The van der Waals surface area contributed by atoms with Crippen LogP contribution in [-0.2, 0) is 16.4 Å². The van der Waals surface area contributed by atoms with Gasteiger partial charge in [-0.15, -0.1) is 0 Å². The van der Waals surface area contributed by atoms with Crippen molar-refractivity contribution in [1.29, 1.82) is 5.26 Å². The highest BCUT2D eigenvalue weighted by molar-refractivity contribution is 7.91. The molecule has 1 heterocycles. The van der Waals surface area contributed by atoms with Gasteiger partial charge >= 0.3 is 0 Å². The van der Waals surface area contributed by atoms with E-state index in [1.165, 1.54) is 0 Å². The Hall–Kier alpha value is -1.45. The van der Waals surface area contributed by atoms with Gasteiger partial charge in [0, 0.05) is 25.0 Å². The Morgan fingerprint density at radius 3 is 2.94 bits per heavy atom. The molecular formula is C11H15N3O2S. The van der Waals surface area contributed by atoms with Crippen LogP contribution in [0.4, 0.5) is 0 Å². The number of hydrogen-bond donors (Lipinski definition) is 1. The van der Waals surface area contributed by atoms with Gasteiger partial charge < -0.3 is 5.32 Å². The number of hydrogen-bond acceptors (Lipinski definition) is 5. The maximum absolute atomic E-state index is 11.2.